The topological polar surface area (TPSA) is 105 Å². The molecule has 2 amide bonds. The molecule has 5 rings (SSSR count). The Hall–Kier alpha value is -3.35. The van der Waals surface area contributed by atoms with Crippen molar-refractivity contribution in [3.8, 4) is 11.1 Å². The van der Waals surface area contributed by atoms with Crippen molar-refractivity contribution in [1.29, 1.82) is 0 Å². The maximum Gasteiger partial charge on any atom is 0.407 e. The molecule has 184 valence electrons. The molecule has 0 spiro atoms. The number of amides is 2. The molecule has 0 aromatic heterocycles. The quantitative estimate of drug-likeness (QED) is 0.527. The molecule has 2 aromatic carbocycles. The third-order valence-electron chi connectivity index (χ3n) is 7.76. The summed E-state index contributed by atoms with van der Waals surface area (Å²) >= 11 is 0. The minimum Gasteiger partial charge on any atom is -0.481 e. The van der Waals surface area contributed by atoms with Crippen molar-refractivity contribution in [2.75, 3.05) is 13.2 Å². The Morgan fingerprint density at radius 2 is 1.54 bits per heavy atom. The molecule has 3 atom stereocenters. The lowest BCUT2D eigenvalue weighted by molar-refractivity contribution is -0.145. The molecule has 7 nitrogen and oxygen atoms in total. The summed E-state index contributed by atoms with van der Waals surface area (Å²) in [4.78, 5) is 37.2. The predicted molar refractivity (Wildman–Crippen MR) is 131 cm³/mol. The summed E-state index contributed by atoms with van der Waals surface area (Å²) in [6, 6.07) is 15.7. The lowest BCUT2D eigenvalue weighted by atomic mass is 9.79. The number of carboxylic acid groups (broad SMARTS) is 1. The number of fused-ring (bicyclic) bond motifs is 3. The fraction of sp³-hybridized carbons (Fsp3) is 0.464. The van der Waals surface area contributed by atoms with Crippen LogP contribution in [0.15, 0.2) is 48.5 Å². The third-order valence-corrected chi connectivity index (χ3v) is 7.76. The van der Waals surface area contributed by atoms with Gasteiger partial charge >= 0.3 is 12.1 Å². The monoisotopic (exact) mass is 476 g/mol. The van der Waals surface area contributed by atoms with Gasteiger partial charge in [-0.3, -0.25) is 9.59 Å². The average Bonchev–Trinajstić information content (AvgIpc) is 3.67. The van der Waals surface area contributed by atoms with Crippen molar-refractivity contribution in [3.63, 3.8) is 0 Å². The van der Waals surface area contributed by atoms with Gasteiger partial charge in [0.15, 0.2) is 0 Å². The standard InChI is InChI=1S/C28H32N2O5/c31-26(29-15-18-7-1-2-8-19(18)27(32)33)25(17-13-14-17)30-28(34)35-16-24-22-11-5-3-9-20(22)21-10-4-6-12-23(21)24/h3-6,9-12,17-19,24-25H,1-2,7-8,13-16H2,(H,29,31)(H,30,34)(H,32,33)/t18-,19-,25?/m1/s1. The van der Waals surface area contributed by atoms with Gasteiger partial charge in [0.2, 0.25) is 5.91 Å². The molecule has 0 bridgehead atoms. The zero-order valence-electron chi connectivity index (χ0n) is 19.7. The molecule has 2 aromatic rings. The molecule has 0 aliphatic heterocycles. The van der Waals surface area contributed by atoms with Crippen LogP contribution in [0.5, 0.6) is 0 Å². The van der Waals surface area contributed by atoms with Crippen molar-refractivity contribution in [3.05, 3.63) is 59.7 Å². The number of hydrogen-bond donors (Lipinski definition) is 3. The van der Waals surface area contributed by atoms with Crippen molar-refractivity contribution in [2.24, 2.45) is 17.8 Å². The normalized spacial score (nSPS) is 21.9. The van der Waals surface area contributed by atoms with E-state index in [1.54, 1.807) is 0 Å². The SMILES string of the molecule is O=C(NC(C(=O)NC[C@H]1CCCC[C@H]1C(=O)O)C1CC1)OCC1c2ccccc2-c2ccccc21. The van der Waals surface area contributed by atoms with Crippen LogP contribution in [0.3, 0.4) is 0 Å². The van der Waals surface area contributed by atoms with Crippen LogP contribution in [0.2, 0.25) is 0 Å². The van der Waals surface area contributed by atoms with E-state index in [9.17, 15) is 19.5 Å². The lowest BCUT2D eigenvalue weighted by Crippen LogP contribution is -2.50. The number of aliphatic carboxylic acids is 1. The molecule has 7 heteroatoms. The van der Waals surface area contributed by atoms with E-state index in [1.807, 2.05) is 24.3 Å². The van der Waals surface area contributed by atoms with Gasteiger partial charge in [-0.1, -0.05) is 61.4 Å². The number of alkyl carbamates (subject to hydrolysis) is 1. The van der Waals surface area contributed by atoms with Crippen molar-refractivity contribution < 1.29 is 24.2 Å². The van der Waals surface area contributed by atoms with Crippen LogP contribution in [-0.2, 0) is 14.3 Å². The maximum atomic E-state index is 12.9. The zero-order valence-corrected chi connectivity index (χ0v) is 19.7. The molecule has 3 aliphatic carbocycles. The summed E-state index contributed by atoms with van der Waals surface area (Å²) in [6.07, 6.45) is 4.50. The summed E-state index contributed by atoms with van der Waals surface area (Å²) in [5.74, 6) is -1.48. The first-order chi connectivity index (χ1) is 17.0. The van der Waals surface area contributed by atoms with Gasteiger partial charge in [-0.2, -0.15) is 0 Å². The number of ether oxygens (including phenoxy) is 1. The molecule has 1 unspecified atom stereocenters. The number of carboxylic acids is 1. The van der Waals surface area contributed by atoms with Crippen molar-refractivity contribution >= 4 is 18.0 Å². The number of benzene rings is 2. The van der Waals surface area contributed by atoms with Gasteiger partial charge in [-0.05, 0) is 59.8 Å². The van der Waals surface area contributed by atoms with Crippen LogP contribution >= 0.6 is 0 Å². The second-order valence-electron chi connectivity index (χ2n) is 10.0. The fourth-order valence-electron chi connectivity index (χ4n) is 5.71. The fourth-order valence-corrected chi connectivity index (χ4v) is 5.71. The molecule has 0 radical (unpaired) electrons. The van der Waals surface area contributed by atoms with Crippen molar-refractivity contribution in [2.45, 2.75) is 50.5 Å². The van der Waals surface area contributed by atoms with Gasteiger partial charge < -0.3 is 20.5 Å². The molecule has 3 N–H and O–H groups in total. The Balaban J connectivity index is 1.18. The number of rotatable bonds is 8. The van der Waals surface area contributed by atoms with Crippen LogP contribution in [0.4, 0.5) is 4.79 Å². The van der Waals surface area contributed by atoms with E-state index in [4.69, 9.17) is 4.74 Å². The number of nitrogens with one attached hydrogen (secondary N) is 2. The summed E-state index contributed by atoms with van der Waals surface area (Å²) in [5, 5.41) is 15.2. The highest BCUT2D eigenvalue weighted by molar-refractivity contribution is 5.86. The van der Waals surface area contributed by atoms with Gasteiger partial charge in [0, 0.05) is 12.5 Å². The Bertz CT molecular complexity index is 1070. The molecule has 0 saturated heterocycles. The first-order valence-electron chi connectivity index (χ1n) is 12.6. The Labute approximate surface area is 205 Å². The summed E-state index contributed by atoms with van der Waals surface area (Å²) < 4.78 is 5.63. The largest absolute Gasteiger partial charge is 0.481 e. The minimum absolute atomic E-state index is 0.0411. The molecule has 2 fully saturated rings. The van der Waals surface area contributed by atoms with E-state index in [2.05, 4.69) is 34.9 Å². The number of carbonyl (C=O) groups is 3. The van der Waals surface area contributed by atoms with Crippen LogP contribution in [0, 0.1) is 17.8 Å². The van der Waals surface area contributed by atoms with Gasteiger partial charge in [0.05, 0.1) is 5.92 Å². The zero-order chi connectivity index (χ0) is 24.4. The Morgan fingerprint density at radius 1 is 0.914 bits per heavy atom. The molecule has 35 heavy (non-hydrogen) atoms. The van der Waals surface area contributed by atoms with Crippen LogP contribution in [0.1, 0.15) is 55.6 Å². The van der Waals surface area contributed by atoms with Crippen LogP contribution in [0.25, 0.3) is 11.1 Å². The predicted octanol–water partition coefficient (Wildman–Crippen LogP) is 4.31. The summed E-state index contributed by atoms with van der Waals surface area (Å²) in [7, 11) is 0. The lowest BCUT2D eigenvalue weighted by Gasteiger charge is -2.29. The molecule has 0 heterocycles. The van der Waals surface area contributed by atoms with Crippen LogP contribution < -0.4 is 10.6 Å². The molecule has 3 aliphatic rings. The van der Waals surface area contributed by atoms with Gasteiger partial charge in [0.25, 0.3) is 0 Å². The van der Waals surface area contributed by atoms with E-state index in [0.717, 1.165) is 54.4 Å². The molecular weight excluding hydrogens is 444 g/mol. The van der Waals surface area contributed by atoms with E-state index < -0.39 is 24.0 Å². The number of hydrogen-bond acceptors (Lipinski definition) is 4. The Kier molecular flexibility index (Phi) is 6.75. The first kappa shape index (κ1) is 23.4. The summed E-state index contributed by atoms with van der Waals surface area (Å²) in [6.45, 7) is 0.520. The van der Waals surface area contributed by atoms with E-state index in [1.165, 1.54) is 0 Å². The smallest absolute Gasteiger partial charge is 0.407 e. The van der Waals surface area contributed by atoms with Gasteiger partial charge in [0.1, 0.15) is 12.6 Å². The highest BCUT2D eigenvalue weighted by Crippen LogP contribution is 2.44. The van der Waals surface area contributed by atoms with Crippen molar-refractivity contribution in [1.82, 2.24) is 10.6 Å². The first-order valence-corrected chi connectivity index (χ1v) is 12.6. The highest BCUT2D eigenvalue weighted by Gasteiger charge is 2.39. The van der Waals surface area contributed by atoms with E-state index in [-0.39, 0.29) is 30.3 Å². The second kappa shape index (κ2) is 10.1. The Morgan fingerprint density at radius 3 is 2.17 bits per heavy atom. The van der Waals surface area contributed by atoms with Gasteiger partial charge in [-0.25, -0.2) is 4.79 Å². The van der Waals surface area contributed by atoms with Crippen LogP contribution in [-0.4, -0.2) is 42.3 Å². The third kappa shape index (κ3) is 5.04. The molecular formula is C28H32N2O5. The minimum atomic E-state index is -0.792. The van der Waals surface area contributed by atoms with Gasteiger partial charge in [-0.15, -0.1) is 0 Å². The average molecular weight is 477 g/mol. The molecule has 2 saturated carbocycles. The number of carbonyl (C=O) groups excluding carboxylic acids is 2. The summed E-state index contributed by atoms with van der Waals surface area (Å²) in [5.41, 5.74) is 4.60. The second-order valence-corrected chi connectivity index (χ2v) is 10.0. The maximum absolute atomic E-state index is 12.9. The van der Waals surface area contributed by atoms with E-state index in [0.29, 0.717) is 13.0 Å². The highest BCUT2D eigenvalue weighted by atomic mass is 16.5. The van der Waals surface area contributed by atoms with E-state index >= 15 is 0 Å².